The first-order valence-electron chi connectivity index (χ1n) is 15.9. The maximum atomic E-state index is 13.7. The van der Waals surface area contributed by atoms with Gasteiger partial charge in [-0.25, -0.2) is 0 Å². The molecule has 0 saturated heterocycles. The van der Waals surface area contributed by atoms with Crippen molar-refractivity contribution in [1.82, 2.24) is 10.2 Å². The number of carbonyl (C=O) groups excluding carboxylic acids is 2. The number of aliphatic hydroxyl groups excluding tert-OH is 2. The summed E-state index contributed by atoms with van der Waals surface area (Å²) in [5, 5.41) is 33.2. The maximum Gasteiger partial charge on any atom is 0.248 e. The van der Waals surface area contributed by atoms with Crippen LogP contribution in [0.25, 0.3) is 0 Å². The number of carbonyl (C=O) groups is 2. The van der Waals surface area contributed by atoms with Gasteiger partial charge in [0, 0.05) is 36.8 Å². The van der Waals surface area contributed by atoms with Gasteiger partial charge in [-0.15, -0.1) is 0 Å². The van der Waals surface area contributed by atoms with E-state index in [1.54, 1.807) is 24.3 Å². The van der Waals surface area contributed by atoms with Gasteiger partial charge in [0.15, 0.2) is 0 Å². The molecular weight excluding hydrogens is 594 g/mol. The van der Waals surface area contributed by atoms with Gasteiger partial charge >= 0.3 is 0 Å². The Morgan fingerprint density at radius 2 is 1.62 bits per heavy atom. The average Bonchev–Trinajstić information content (AvgIpc) is 3.07. The van der Waals surface area contributed by atoms with E-state index < -0.39 is 12.0 Å². The SMILES string of the molecule is CCOc1ccc(CCN(Cc2ccc(C(N)=O)cc2)C(=O)Cc2cccc(C[C@@H](C)NC[C@H](O)c3ccc(O)c(CO)c3)c2)cc1. The van der Waals surface area contributed by atoms with Gasteiger partial charge in [0.1, 0.15) is 11.5 Å². The van der Waals surface area contributed by atoms with Crippen LogP contribution in [-0.4, -0.2) is 57.8 Å². The molecule has 0 fully saturated rings. The number of hydrogen-bond acceptors (Lipinski definition) is 7. The summed E-state index contributed by atoms with van der Waals surface area (Å²) < 4.78 is 5.56. The van der Waals surface area contributed by atoms with Crippen molar-refractivity contribution in [3.63, 3.8) is 0 Å². The number of ether oxygens (including phenoxy) is 1. The molecule has 0 saturated carbocycles. The molecule has 47 heavy (non-hydrogen) atoms. The highest BCUT2D eigenvalue weighted by Gasteiger charge is 2.17. The minimum atomic E-state index is -0.798. The summed E-state index contributed by atoms with van der Waals surface area (Å²) in [4.78, 5) is 27.1. The molecule has 4 aromatic carbocycles. The third kappa shape index (κ3) is 10.7. The van der Waals surface area contributed by atoms with E-state index in [0.29, 0.717) is 55.8 Å². The molecule has 0 unspecified atom stereocenters. The highest BCUT2D eigenvalue weighted by Crippen LogP contribution is 2.22. The minimum Gasteiger partial charge on any atom is -0.508 e. The molecule has 0 bridgehead atoms. The second-order valence-corrected chi connectivity index (χ2v) is 11.8. The standard InChI is InChI=1S/C38H45N3O6/c1-3-47-34-14-9-27(10-15-34)17-18-41(24-28-7-11-31(12-8-28)38(39)46)37(45)21-30-6-4-5-29(20-30)19-26(2)40-23-36(44)32-13-16-35(43)33(22-32)25-42/h4-16,20,22,26,36,40,42-44H,3,17-19,21,23-25H2,1-2H3,(H2,39,46)/t26-,36+/m1/s1. The van der Waals surface area contributed by atoms with Crippen LogP contribution in [0.2, 0.25) is 0 Å². The number of nitrogens with two attached hydrogens (primary N) is 1. The van der Waals surface area contributed by atoms with Crippen LogP contribution in [0.3, 0.4) is 0 Å². The predicted octanol–water partition coefficient (Wildman–Crippen LogP) is 4.45. The molecule has 0 heterocycles. The fourth-order valence-corrected chi connectivity index (χ4v) is 5.42. The summed E-state index contributed by atoms with van der Waals surface area (Å²) >= 11 is 0. The summed E-state index contributed by atoms with van der Waals surface area (Å²) in [7, 11) is 0. The van der Waals surface area contributed by atoms with Crippen molar-refractivity contribution in [2.24, 2.45) is 5.73 Å². The molecule has 6 N–H and O–H groups in total. The maximum absolute atomic E-state index is 13.7. The largest absolute Gasteiger partial charge is 0.508 e. The van der Waals surface area contributed by atoms with Gasteiger partial charge in [-0.3, -0.25) is 9.59 Å². The van der Waals surface area contributed by atoms with E-state index in [4.69, 9.17) is 10.5 Å². The van der Waals surface area contributed by atoms with Crippen LogP contribution in [-0.2, 0) is 37.2 Å². The van der Waals surface area contributed by atoms with Crippen molar-refractivity contribution in [1.29, 1.82) is 0 Å². The van der Waals surface area contributed by atoms with Crippen LogP contribution in [0.1, 0.15) is 63.7 Å². The number of primary amides is 1. The first kappa shape index (κ1) is 35.2. The fraction of sp³-hybridized carbons (Fsp3) is 0.316. The van der Waals surface area contributed by atoms with Crippen molar-refractivity contribution >= 4 is 11.8 Å². The molecule has 2 amide bonds. The molecule has 4 rings (SSSR count). The Bertz CT molecular complexity index is 1610. The lowest BCUT2D eigenvalue weighted by molar-refractivity contribution is -0.131. The number of phenols is 1. The Morgan fingerprint density at radius 1 is 0.915 bits per heavy atom. The van der Waals surface area contributed by atoms with Crippen molar-refractivity contribution in [2.45, 2.75) is 58.4 Å². The number of aliphatic hydroxyl groups is 2. The van der Waals surface area contributed by atoms with Gasteiger partial charge < -0.3 is 36.0 Å². The Labute approximate surface area is 276 Å². The number of nitrogens with one attached hydrogen (secondary N) is 1. The Morgan fingerprint density at radius 3 is 2.30 bits per heavy atom. The number of benzene rings is 4. The molecule has 0 aliphatic heterocycles. The zero-order valence-electron chi connectivity index (χ0n) is 27.1. The molecule has 4 aromatic rings. The van der Waals surface area contributed by atoms with Crippen molar-refractivity contribution < 1.29 is 29.6 Å². The lowest BCUT2D eigenvalue weighted by atomic mass is 10.0. The molecule has 0 aromatic heterocycles. The highest BCUT2D eigenvalue weighted by atomic mass is 16.5. The fourth-order valence-electron chi connectivity index (χ4n) is 5.42. The summed E-state index contributed by atoms with van der Waals surface area (Å²) in [6, 6.07) is 27.7. The topological polar surface area (TPSA) is 145 Å². The van der Waals surface area contributed by atoms with E-state index in [0.717, 1.165) is 28.0 Å². The van der Waals surface area contributed by atoms with Crippen LogP contribution in [0, 0.1) is 0 Å². The van der Waals surface area contributed by atoms with E-state index in [1.807, 2.05) is 79.4 Å². The molecule has 248 valence electrons. The molecule has 0 aliphatic rings. The number of aromatic hydroxyl groups is 1. The molecule has 2 atom stereocenters. The van der Waals surface area contributed by atoms with Crippen LogP contribution in [0.15, 0.2) is 91.0 Å². The zero-order chi connectivity index (χ0) is 33.8. The van der Waals surface area contributed by atoms with E-state index in [1.165, 1.54) is 6.07 Å². The van der Waals surface area contributed by atoms with Crippen molar-refractivity contribution in [3.8, 4) is 11.5 Å². The van der Waals surface area contributed by atoms with Gasteiger partial charge in [-0.05, 0) is 90.9 Å². The summed E-state index contributed by atoms with van der Waals surface area (Å²) in [6.07, 6.45) is 0.816. The molecule has 0 radical (unpaired) electrons. The zero-order valence-corrected chi connectivity index (χ0v) is 27.1. The molecule has 9 heteroatoms. The quantitative estimate of drug-likeness (QED) is 0.115. The lowest BCUT2D eigenvalue weighted by Gasteiger charge is -2.24. The summed E-state index contributed by atoms with van der Waals surface area (Å²) in [5.41, 5.74) is 10.8. The van der Waals surface area contributed by atoms with Gasteiger partial charge in [-0.2, -0.15) is 0 Å². The summed E-state index contributed by atoms with van der Waals surface area (Å²) in [6.45, 7) is 5.50. The molecule has 9 nitrogen and oxygen atoms in total. The molecule has 0 spiro atoms. The van der Waals surface area contributed by atoms with Crippen molar-refractivity contribution in [2.75, 3.05) is 19.7 Å². The van der Waals surface area contributed by atoms with Gasteiger partial charge in [0.2, 0.25) is 11.8 Å². The second kappa shape index (κ2) is 17.3. The minimum absolute atomic E-state index is 0.00208. The number of hydrogen-bond donors (Lipinski definition) is 5. The van der Waals surface area contributed by atoms with Gasteiger partial charge in [0.05, 0.1) is 25.7 Å². The molecule has 0 aliphatic carbocycles. The van der Waals surface area contributed by atoms with Crippen LogP contribution in [0.4, 0.5) is 0 Å². The van der Waals surface area contributed by atoms with Crippen molar-refractivity contribution in [3.05, 3.63) is 130 Å². The van der Waals surface area contributed by atoms with Gasteiger partial charge in [-0.1, -0.05) is 54.6 Å². The summed E-state index contributed by atoms with van der Waals surface area (Å²) in [5.74, 6) is 0.318. The first-order chi connectivity index (χ1) is 22.6. The van der Waals surface area contributed by atoms with E-state index in [9.17, 15) is 24.9 Å². The van der Waals surface area contributed by atoms with E-state index in [2.05, 4.69) is 5.32 Å². The normalized spacial score (nSPS) is 12.3. The van der Waals surface area contributed by atoms with E-state index >= 15 is 0 Å². The Hall–Kier alpha value is -4.70. The van der Waals surface area contributed by atoms with Gasteiger partial charge in [0.25, 0.3) is 0 Å². The van der Waals surface area contributed by atoms with E-state index in [-0.39, 0.29) is 30.7 Å². The highest BCUT2D eigenvalue weighted by molar-refractivity contribution is 5.92. The second-order valence-electron chi connectivity index (χ2n) is 11.8. The smallest absolute Gasteiger partial charge is 0.248 e. The van der Waals surface area contributed by atoms with Crippen LogP contribution in [0.5, 0.6) is 11.5 Å². The number of amides is 2. The third-order valence-electron chi connectivity index (χ3n) is 8.08. The number of nitrogens with zero attached hydrogens (tertiary/aromatic N) is 1. The average molecular weight is 640 g/mol. The van der Waals surface area contributed by atoms with Crippen LogP contribution >= 0.6 is 0 Å². The predicted molar refractivity (Wildman–Crippen MR) is 182 cm³/mol. The lowest BCUT2D eigenvalue weighted by Crippen LogP contribution is -2.34. The Kier molecular flexibility index (Phi) is 12.9. The first-order valence-corrected chi connectivity index (χ1v) is 15.9. The molecular formula is C38H45N3O6. The monoisotopic (exact) mass is 639 g/mol. The van der Waals surface area contributed by atoms with Crippen LogP contribution < -0.4 is 15.8 Å². The Balaban J connectivity index is 1.38. The number of rotatable bonds is 17. The third-order valence-corrected chi connectivity index (χ3v) is 8.08.